The smallest absolute Gasteiger partial charge is 0.241 e. The molecule has 2 aromatic heterocycles. The molecule has 37 heavy (non-hydrogen) atoms. The molecule has 3 aromatic carbocycles. The summed E-state index contributed by atoms with van der Waals surface area (Å²) in [5.74, 6) is 1.98. The van der Waals surface area contributed by atoms with Gasteiger partial charge < -0.3 is 14.4 Å². The minimum Gasteiger partial charge on any atom is -0.491 e. The van der Waals surface area contributed by atoms with Crippen LogP contribution in [0.4, 0.5) is 0 Å². The molecule has 0 unspecified atom stereocenters. The van der Waals surface area contributed by atoms with E-state index in [1.807, 2.05) is 43.3 Å². The molecule has 0 saturated carbocycles. The van der Waals surface area contributed by atoms with Gasteiger partial charge in [-0.2, -0.15) is 4.98 Å². The molecule has 0 radical (unpaired) electrons. The summed E-state index contributed by atoms with van der Waals surface area (Å²) >= 11 is 1.67. The van der Waals surface area contributed by atoms with E-state index in [-0.39, 0.29) is 6.61 Å². The average molecular weight is 516 g/mol. The third-order valence-corrected chi connectivity index (χ3v) is 7.63. The molecule has 1 atom stereocenters. The molecule has 9 heteroatoms. The zero-order valence-corrected chi connectivity index (χ0v) is 21.5. The van der Waals surface area contributed by atoms with E-state index in [9.17, 15) is 5.11 Å². The molecule has 1 aliphatic rings. The highest BCUT2D eigenvalue weighted by Crippen LogP contribution is 2.26. The number of thiazole rings is 1. The molecule has 6 rings (SSSR count). The van der Waals surface area contributed by atoms with Crippen molar-refractivity contribution in [2.75, 3.05) is 39.3 Å². The Morgan fingerprint density at radius 1 is 0.973 bits per heavy atom. The van der Waals surface area contributed by atoms with Crippen LogP contribution in [0.3, 0.4) is 0 Å². The van der Waals surface area contributed by atoms with Crippen LogP contribution in [0.15, 0.2) is 65.2 Å². The second-order valence-corrected chi connectivity index (χ2v) is 10.7. The molecule has 0 amide bonds. The zero-order chi connectivity index (χ0) is 25.2. The fraction of sp³-hybridized carbons (Fsp3) is 0.321. The lowest BCUT2D eigenvalue weighted by atomic mass is 10.1. The van der Waals surface area contributed by atoms with Gasteiger partial charge in [-0.05, 0) is 35.9 Å². The van der Waals surface area contributed by atoms with E-state index in [1.165, 1.54) is 5.39 Å². The van der Waals surface area contributed by atoms with Crippen molar-refractivity contribution in [3.05, 3.63) is 71.6 Å². The number of rotatable bonds is 8. The van der Waals surface area contributed by atoms with Gasteiger partial charge >= 0.3 is 0 Å². The number of β-amino-alcohol motifs (C(OH)–C–C–N with tert-alkyl or cyclic N) is 1. The molecule has 0 spiro atoms. The standard InChI is InChI=1S/C28H29N5O3S/c1-19-29-25-15-24(8-9-26(25)37-19)35-18-23(34)16-32-10-12-33(13-11-32)17-27-30-28(31-36-27)22-7-6-20-4-2-3-5-21(20)14-22/h2-9,14-15,23,34H,10-13,16-18H2,1H3/t23-/m0/s1. The highest BCUT2D eigenvalue weighted by Gasteiger charge is 2.21. The van der Waals surface area contributed by atoms with Crippen LogP contribution < -0.4 is 4.74 Å². The fourth-order valence-corrected chi connectivity index (χ4v) is 5.55. The van der Waals surface area contributed by atoms with Crippen LogP contribution in [-0.4, -0.2) is 75.5 Å². The predicted molar refractivity (Wildman–Crippen MR) is 145 cm³/mol. The summed E-state index contributed by atoms with van der Waals surface area (Å²) in [7, 11) is 0. The molecule has 3 heterocycles. The number of nitrogens with zero attached hydrogens (tertiary/aromatic N) is 5. The fourth-order valence-electron chi connectivity index (χ4n) is 4.74. The van der Waals surface area contributed by atoms with Crippen molar-refractivity contribution in [2.45, 2.75) is 19.6 Å². The molecule has 0 aliphatic carbocycles. The zero-order valence-electron chi connectivity index (χ0n) is 20.7. The molecule has 190 valence electrons. The quantitative estimate of drug-likeness (QED) is 0.326. The van der Waals surface area contributed by atoms with Crippen LogP contribution in [-0.2, 0) is 6.54 Å². The number of hydrogen-bond donors (Lipinski definition) is 1. The summed E-state index contributed by atoms with van der Waals surface area (Å²) in [5.41, 5.74) is 1.90. The van der Waals surface area contributed by atoms with E-state index in [1.54, 1.807) is 11.3 Å². The third-order valence-electron chi connectivity index (χ3n) is 6.68. The molecule has 1 aliphatic heterocycles. The van der Waals surface area contributed by atoms with Gasteiger partial charge in [0.15, 0.2) is 0 Å². The highest BCUT2D eigenvalue weighted by molar-refractivity contribution is 7.18. The maximum atomic E-state index is 10.5. The minimum atomic E-state index is -0.556. The van der Waals surface area contributed by atoms with Gasteiger partial charge in [-0.15, -0.1) is 11.3 Å². The van der Waals surface area contributed by atoms with Gasteiger partial charge in [0.25, 0.3) is 0 Å². The van der Waals surface area contributed by atoms with Crippen molar-refractivity contribution in [3.63, 3.8) is 0 Å². The molecule has 8 nitrogen and oxygen atoms in total. The topological polar surface area (TPSA) is 87.8 Å². The minimum absolute atomic E-state index is 0.258. The lowest BCUT2D eigenvalue weighted by Gasteiger charge is -2.34. The second-order valence-electron chi connectivity index (χ2n) is 9.48. The molecular weight excluding hydrogens is 486 g/mol. The van der Waals surface area contributed by atoms with Crippen molar-refractivity contribution in [2.24, 2.45) is 0 Å². The number of piperazine rings is 1. The van der Waals surface area contributed by atoms with Crippen molar-refractivity contribution >= 4 is 32.3 Å². The van der Waals surface area contributed by atoms with E-state index in [4.69, 9.17) is 9.26 Å². The van der Waals surface area contributed by atoms with Crippen LogP contribution >= 0.6 is 11.3 Å². The number of benzene rings is 3. The van der Waals surface area contributed by atoms with Crippen molar-refractivity contribution in [1.29, 1.82) is 0 Å². The van der Waals surface area contributed by atoms with E-state index in [0.717, 1.165) is 58.1 Å². The Morgan fingerprint density at radius 2 is 1.78 bits per heavy atom. The second kappa shape index (κ2) is 10.5. The summed E-state index contributed by atoms with van der Waals surface area (Å²) < 4.78 is 12.5. The molecule has 1 N–H and O–H groups in total. The average Bonchev–Trinajstić information content (AvgIpc) is 3.53. The summed E-state index contributed by atoms with van der Waals surface area (Å²) in [5, 5.41) is 18.1. The Labute approximate surface area is 219 Å². The third kappa shape index (κ3) is 5.65. The van der Waals surface area contributed by atoms with Crippen LogP contribution in [0.5, 0.6) is 5.75 Å². The van der Waals surface area contributed by atoms with Crippen LogP contribution in [0.25, 0.3) is 32.4 Å². The van der Waals surface area contributed by atoms with Gasteiger partial charge in [-0.25, -0.2) is 4.98 Å². The molecule has 1 saturated heterocycles. The largest absolute Gasteiger partial charge is 0.491 e. The van der Waals surface area contributed by atoms with Gasteiger partial charge in [0.2, 0.25) is 11.7 Å². The lowest BCUT2D eigenvalue weighted by molar-refractivity contribution is 0.0426. The van der Waals surface area contributed by atoms with Crippen LogP contribution in [0.1, 0.15) is 10.9 Å². The van der Waals surface area contributed by atoms with Crippen molar-refractivity contribution in [1.82, 2.24) is 24.9 Å². The van der Waals surface area contributed by atoms with Crippen molar-refractivity contribution < 1.29 is 14.4 Å². The summed E-state index contributed by atoms with van der Waals surface area (Å²) in [6.07, 6.45) is -0.556. The van der Waals surface area contributed by atoms with E-state index < -0.39 is 6.10 Å². The molecule has 5 aromatic rings. The number of aromatic nitrogens is 3. The first kappa shape index (κ1) is 24.0. The summed E-state index contributed by atoms with van der Waals surface area (Å²) in [4.78, 5) is 13.7. The maximum absolute atomic E-state index is 10.5. The number of ether oxygens (including phenoxy) is 1. The first-order chi connectivity index (χ1) is 18.1. The Morgan fingerprint density at radius 3 is 2.65 bits per heavy atom. The van der Waals surface area contributed by atoms with Crippen LogP contribution in [0, 0.1) is 6.92 Å². The summed E-state index contributed by atoms with van der Waals surface area (Å²) in [6.45, 7) is 6.95. The number of aryl methyl sites for hydroxylation is 1. The SMILES string of the molecule is Cc1nc2cc(OC[C@@H](O)CN3CCN(Cc4nc(-c5ccc6ccccc6c5)no4)CC3)ccc2s1. The predicted octanol–water partition coefficient (Wildman–Crippen LogP) is 4.37. The van der Waals surface area contributed by atoms with Gasteiger partial charge in [-0.1, -0.05) is 41.6 Å². The molecule has 1 fully saturated rings. The first-order valence-corrected chi connectivity index (χ1v) is 13.4. The Balaban J connectivity index is 0.967. The number of aliphatic hydroxyl groups is 1. The Hall–Kier alpha value is -3.37. The van der Waals surface area contributed by atoms with Gasteiger partial charge in [0.05, 0.1) is 21.8 Å². The number of fused-ring (bicyclic) bond motifs is 2. The number of hydrogen-bond acceptors (Lipinski definition) is 9. The number of aliphatic hydroxyl groups excluding tert-OH is 1. The van der Waals surface area contributed by atoms with Gasteiger partial charge in [-0.3, -0.25) is 9.80 Å². The van der Waals surface area contributed by atoms with E-state index in [2.05, 4.69) is 49.2 Å². The maximum Gasteiger partial charge on any atom is 0.241 e. The van der Waals surface area contributed by atoms with Gasteiger partial charge in [0, 0.05) is 44.4 Å². The monoisotopic (exact) mass is 515 g/mol. The van der Waals surface area contributed by atoms with Crippen LogP contribution in [0.2, 0.25) is 0 Å². The van der Waals surface area contributed by atoms with Crippen molar-refractivity contribution in [3.8, 4) is 17.1 Å². The Kier molecular flexibility index (Phi) is 6.84. The molecular formula is C28H29N5O3S. The normalized spacial score (nSPS) is 15.9. The highest BCUT2D eigenvalue weighted by atomic mass is 32.1. The lowest BCUT2D eigenvalue weighted by Crippen LogP contribution is -2.48. The van der Waals surface area contributed by atoms with Gasteiger partial charge in [0.1, 0.15) is 18.5 Å². The Bertz CT molecular complexity index is 1510. The first-order valence-electron chi connectivity index (χ1n) is 12.5. The van der Waals surface area contributed by atoms with E-state index in [0.29, 0.717) is 24.8 Å². The van der Waals surface area contributed by atoms with E-state index >= 15 is 0 Å². The summed E-state index contributed by atoms with van der Waals surface area (Å²) in [6, 6.07) is 20.4. The molecule has 0 bridgehead atoms.